The van der Waals surface area contributed by atoms with Gasteiger partial charge in [-0.25, -0.2) is 0 Å². The van der Waals surface area contributed by atoms with Crippen molar-refractivity contribution in [2.75, 3.05) is 5.32 Å². The van der Waals surface area contributed by atoms with Gasteiger partial charge in [-0.2, -0.15) is 0 Å². The fourth-order valence-corrected chi connectivity index (χ4v) is 2.36. The third-order valence-corrected chi connectivity index (χ3v) is 3.44. The van der Waals surface area contributed by atoms with Crippen LogP contribution in [-0.4, -0.2) is 17.6 Å². The van der Waals surface area contributed by atoms with Gasteiger partial charge in [0.15, 0.2) is 17.6 Å². The maximum Gasteiger partial charge on any atom is 0.193 e. The lowest BCUT2D eigenvalue weighted by molar-refractivity contribution is 0.0904. The van der Waals surface area contributed by atoms with Gasteiger partial charge in [0.25, 0.3) is 0 Å². The maximum atomic E-state index is 12.2. The van der Waals surface area contributed by atoms with Crippen molar-refractivity contribution in [1.82, 2.24) is 0 Å². The first kappa shape index (κ1) is 12.4. The van der Waals surface area contributed by atoms with Gasteiger partial charge in [0.1, 0.15) is 0 Å². The fourth-order valence-electron chi connectivity index (χ4n) is 2.36. The summed E-state index contributed by atoms with van der Waals surface area (Å²) >= 11 is 0. The van der Waals surface area contributed by atoms with E-state index in [1.807, 2.05) is 24.3 Å². The number of ketones is 2. The number of rotatable bonds is 3. The largest absolute Gasteiger partial charge is 0.369 e. The lowest BCUT2D eigenvalue weighted by Crippen LogP contribution is -2.31. The van der Waals surface area contributed by atoms with Gasteiger partial charge in [-0.3, -0.25) is 9.59 Å². The van der Waals surface area contributed by atoms with Crippen LogP contribution in [0.4, 0.5) is 5.69 Å². The van der Waals surface area contributed by atoms with Crippen LogP contribution in [0.1, 0.15) is 26.3 Å². The van der Waals surface area contributed by atoms with Gasteiger partial charge in [-0.1, -0.05) is 49.1 Å². The molecule has 0 fully saturated rings. The zero-order valence-electron chi connectivity index (χ0n) is 10.8. The number of fused-ring (bicyclic) bond motifs is 1. The molecule has 0 saturated heterocycles. The number of Topliss-reactive ketones (excluding diaryl/α,β-unsaturated/α-hetero) is 2. The van der Waals surface area contributed by atoms with E-state index in [1.54, 1.807) is 30.3 Å². The first-order valence-corrected chi connectivity index (χ1v) is 6.37. The van der Waals surface area contributed by atoms with E-state index >= 15 is 0 Å². The minimum absolute atomic E-state index is 0.168. The third kappa shape index (κ3) is 1.93. The Bertz CT molecular complexity index is 666. The summed E-state index contributed by atoms with van der Waals surface area (Å²) < 4.78 is 0. The summed E-state index contributed by atoms with van der Waals surface area (Å²) in [5, 5.41) is 3.01. The van der Waals surface area contributed by atoms with Crippen molar-refractivity contribution in [3.8, 4) is 0 Å². The second kappa shape index (κ2) is 4.78. The van der Waals surface area contributed by atoms with Crippen molar-refractivity contribution >= 4 is 23.3 Å². The van der Waals surface area contributed by atoms with Crippen molar-refractivity contribution in [3.63, 3.8) is 0 Å². The van der Waals surface area contributed by atoms with Gasteiger partial charge in [0.05, 0.1) is 0 Å². The highest BCUT2D eigenvalue weighted by molar-refractivity contribution is 6.30. The highest BCUT2D eigenvalue weighted by Gasteiger charge is 2.38. The molecule has 0 spiro atoms. The van der Waals surface area contributed by atoms with Crippen LogP contribution in [0.15, 0.2) is 55.1 Å². The van der Waals surface area contributed by atoms with Crippen LogP contribution in [0.2, 0.25) is 0 Å². The number of benzene rings is 2. The first-order valence-electron chi connectivity index (χ1n) is 6.37. The molecule has 3 heteroatoms. The van der Waals surface area contributed by atoms with E-state index in [4.69, 9.17) is 0 Å². The third-order valence-electron chi connectivity index (χ3n) is 3.44. The van der Waals surface area contributed by atoms with Crippen LogP contribution in [0.3, 0.4) is 0 Å². The molecular weight excluding hydrogens is 250 g/mol. The summed E-state index contributed by atoms with van der Waals surface area (Å²) in [5.74, 6) is -0.336. The molecule has 0 saturated carbocycles. The molecular formula is C17H13NO2. The molecule has 3 rings (SSSR count). The Kier molecular flexibility index (Phi) is 2.95. The zero-order valence-corrected chi connectivity index (χ0v) is 10.8. The van der Waals surface area contributed by atoms with E-state index < -0.39 is 6.04 Å². The molecule has 1 aliphatic rings. The van der Waals surface area contributed by atoms with Crippen molar-refractivity contribution in [2.24, 2.45) is 0 Å². The van der Waals surface area contributed by atoms with Gasteiger partial charge in [0.2, 0.25) is 0 Å². The van der Waals surface area contributed by atoms with Crippen LogP contribution in [0.25, 0.3) is 6.08 Å². The standard InChI is InChI=1S/C17H13NO2/c1-2-11-7-9-12(10-8-11)18-15-16(19)13-5-3-4-6-14(13)17(15)20/h2-10,15,18H,1H2. The van der Waals surface area contributed by atoms with Crippen LogP contribution in [0, 0.1) is 0 Å². The molecule has 0 aliphatic heterocycles. The van der Waals surface area contributed by atoms with E-state index in [0.29, 0.717) is 11.1 Å². The monoisotopic (exact) mass is 263 g/mol. The predicted molar refractivity (Wildman–Crippen MR) is 79.0 cm³/mol. The van der Waals surface area contributed by atoms with E-state index in [0.717, 1.165) is 11.3 Å². The SMILES string of the molecule is C=Cc1ccc(NC2C(=O)c3ccccc3C2=O)cc1. The van der Waals surface area contributed by atoms with Gasteiger partial charge in [0, 0.05) is 16.8 Å². The molecule has 98 valence electrons. The second-order valence-electron chi connectivity index (χ2n) is 4.68. The van der Waals surface area contributed by atoms with Crippen LogP contribution < -0.4 is 5.32 Å². The summed E-state index contributed by atoms with van der Waals surface area (Å²) in [4.78, 5) is 24.5. The Balaban J connectivity index is 1.87. The quantitative estimate of drug-likeness (QED) is 0.865. The summed E-state index contributed by atoms with van der Waals surface area (Å²) in [5.41, 5.74) is 2.73. The molecule has 0 amide bonds. The normalized spacial score (nSPS) is 14.2. The molecule has 2 aromatic carbocycles. The first-order chi connectivity index (χ1) is 9.70. The molecule has 3 nitrogen and oxygen atoms in total. The summed E-state index contributed by atoms with van der Waals surface area (Å²) in [6.07, 6.45) is 1.74. The Labute approximate surface area is 116 Å². The van der Waals surface area contributed by atoms with Gasteiger partial charge >= 0.3 is 0 Å². The molecule has 1 aliphatic carbocycles. The van der Waals surface area contributed by atoms with Crippen molar-refractivity contribution in [2.45, 2.75) is 6.04 Å². The van der Waals surface area contributed by atoms with Gasteiger partial charge in [-0.15, -0.1) is 0 Å². The number of nitrogens with one attached hydrogen (secondary N) is 1. The van der Waals surface area contributed by atoms with Crippen molar-refractivity contribution in [1.29, 1.82) is 0 Å². The summed E-state index contributed by atoms with van der Waals surface area (Å²) in [6.45, 7) is 3.69. The lowest BCUT2D eigenvalue weighted by atomic mass is 10.1. The maximum absolute atomic E-state index is 12.2. The molecule has 0 unspecified atom stereocenters. The van der Waals surface area contributed by atoms with Gasteiger partial charge in [-0.05, 0) is 17.7 Å². The lowest BCUT2D eigenvalue weighted by Gasteiger charge is -2.11. The number of carbonyl (C=O) groups is 2. The fraction of sp³-hybridized carbons (Fsp3) is 0.0588. The minimum atomic E-state index is -0.818. The highest BCUT2D eigenvalue weighted by atomic mass is 16.2. The summed E-state index contributed by atoms with van der Waals surface area (Å²) in [7, 11) is 0. The Morgan fingerprint density at radius 1 is 0.900 bits per heavy atom. The topological polar surface area (TPSA) is 46.2 Å². The van der Waals surface area contributed by atoms with E-state index in [1.165, 1.54) is 0 Å². The van der Waals surface area contributed by atoms with E-state index in [2.05, 4.69) is 11.9 Å². The molecule has 0 bridgehead atoms. The van der Waals surface area contributed by atoms with Crippen LogP contribution in [-0.2, 0) is 0 Å². The molecule has 0 aromatic heterocycles. The van der Waals surface area contributed by atoms with Crippen molar-refractivity contribution in [3.05, 3.63) is 71.8 Å². The van der Waals surface area contributed by atoms with Gasteiger partial charge < -0.3 is 5.32 Å². The number of anilines is 1. The summed E-state index contributed by atoms with van der Waals surface area (Å²) in [6, 6.07) is 13.5. The van der Waals surface area contributed by atoms with E-state index in [-0.39, 0.29) is 11.6 Å². The van der Waals surface area contributed by atoms with Crippen LogP contribution >= 0.6 is 0 Å². The Hall–Kier alpha value is -2.68. The smallest absolute Gasteiger partial charge is 0.193 e. The molecule has 1 N–H and O–H groups in total. The van der Waals surface area contributed by atoms with Crippen LogP contribution in [0.5, 0.6) is 0 Å². The number of hydrogen-bond donors (Lipinski definition) is 1. The molecule has 0 heterocycles. The number of carbonyl (C=O) groups excluding carboxylic acids is 2. The predicted octanol–water partition coefficient (Wildman–Crippen LogP) is 3.19. The zero-order chi connectivity index (χ0) is 14.1. The highest BCUT2D eigenvalue weighted by Crippen LogP contribution is 2.24. The second-order valence-corrected chi connectivity index (χ2v) is 4.68. The minimum Gasteiger partial charge on any atom is -0.369 e. The number of hydrogen-bond acceptors (Lipinski definition) is 3. The molecule has 0 radical (unpaired) electrons. The Morgan fingerprint density at radius 3 is 1.95 bits per heavy atom. The molecule has 2 aromatic rings. The average Bonchev–Trinajstić information content (AvgIpc) is 2.74. The van der Waals surface area contributed by atoms with Crippen molar-refractivity contribution < 1.29 is 9.59 Å². The van der Waals surface area contributed by atoms with E-state index in [9.17, 15) is 9.59 Å². The average molecular weight is 263 g/mol. The Morgan fingerprint density at radius 2 is 1.45 bits per heavy atom. The molecule has 0 atom stereocenters. The molecule has 20 heavy (non-hydrogen) atoms.